The molecule has 0 atom stereocenters. The summed E-state index contributed by atoms with van der Waals surface area (Å²) in [4.78, 5) is 17.2. The predicted molar refractivity (Wildman–Crippen MR) is 121 cm³/mol. The van der Waals surface area contributed by atoms with Crippen LogP contribution in [0.4, 0.5) is 0 Å². The van der Waals surface area contributed by atoms with Gasteiger partial charge in [0, 0.05) is 5.56 Å². The van der Waals surface area contributed by atoms with Gasteiger partial charge in [-0.3, -0.25) is 4.79 Å². The van der Waals surface area contributed by atoms with Gasteiger partial charge in [0.25, 0.3) is 5.91 Å². The fourth-order valence-electron chi connectivity index (χ4n) is 3.40. The Morgan fingerprint density at radius 3 is 2.42 bits per heavy atom. The highest BCUT2D eigenvalue weighted by atomic mass is 16.5. The van der Waals surface area contributed by atoms with Gasteiger partial charge in [-0.25, -0.2) is 4.98 Å². The minimum atomic E-state index is -0.118. The summed E-state index contributed by atoms with van der Waals surface area (Å²) in [5.41, 5.74) is 3.67. The number of fused-ring (bicyclic) bond motifs is 1. The van der Waals surface area contributed by atoms with Crippen molar-refractivity contribution in [3.63, 3.8) is 0 Å². The molecule has 1 aromatic heterocycles. The second-order valence-corrected chi connectivity index (χ2v) is 7.24. The molecule has 4 rings (SSSR count). The molecule has 0 spiro atoms. The summed E-state index contributed by atoms with van der Waals surface area (Å²) < 4.78 is 13.2. The van der Waals surface area contributed by atoms with Crippen LogP contribution in [0.25, 0.3) is 11.0 Å². The van der Waals surface area contributed by atoms with Crippen LogP contribution in [0.2, 0.25) is 0 Å². The van der Waals surface area contributed by atoms with Crippen LogP contribution in [-0.4, -0.2) is 29.2 Å². The van der Waals surface area contributed by atoms with Crippen molar-refractivity contribution < 1.29 is 14.3 Å². The van der Waals surface area contributed by atoms with Crippen LogP contribution >= 0.6 is 0 Å². The standard InChI is InChI=1S/C25H25N3O3/c1-18-7-9-19(10-8-18)25(29)26-17-24-27-22-5-3-4-6-23(22)28(24)15-16-31-21-13-11-20(30-2)12-14-21/h3-14H,15-17H2,1-2H3,(H,26,29). The number of aromatic nitrogens is 2. The molecule has 0 saturated heterocycles. The van der Waals surface area contributed by atoms with E-state index in [1.807, 2.05) is 79.7 Å². The Morgan fingerprint density at radius 1 is 0.968 bits per heavy atom. The lowest BCUT2D eigenvalue weighted by Gasteiger charge is -2.12. The van der Waals surface area contributed by atoms with Crippen LogP contribution in [0.3, 0.4) is 0 Å². The number of imidazole rings is 1. The van der Waals surface area contributed by atoms with Crippen molar-refractivity contribution in [1.29, 1.82) is 0 Å². The molecule has 0 aliphatic carbocycles. The molecule has 0 saturated carbocycles. The third kappa shape index (κ3) is 4.86. The highest BCUT2D eigenvalue weighted by Crippen LogP contribution is 2.19. The molecule has 4 aromatic rings. The van der Waals surface area contributed by atoms with Gasteiger partial charge in [0.15, 0.2) is 0 Å². The number of ether oxygens (including phenoxy) is 2. The SMILES string of the molecule is COc1ccc(OCCn2c(CNC(=O)c3ccc(C)cc3)nc3ccccc32)cc1. The van der Waals surface area contributed by atoms with E-state index in [2.05, 4.69) is 9.88 Å². The summed E-state index contributed by atoms with van der Waals surface area (Å²) >= 11 is 0. The fraction of sp³-hybridized carbons (Fsp3) is 0.200. The first-order valence-electron chi connectivity index (χ1n) is 10.2. The van der Waals surface area contributed by atoms with E-state index in [4.69, 9.17) is 14.5 Å². The highest BCUT2D eigenvalue weighted by Gasteiger charge is 2.12. The Balaban J connectivity index is 1.46. The topological polar surface area (TPSA) is 65.4 Å². The van der Waals surface area contributed by atoms with Crippen LogP contribution < -0.4 is 14.8 Å². The summed E-state index contributed by atoms with van der Waals surface area (Å²) in [7, 11) is 1.64. The van der Waals surface area contributed by atoms with E-state index < -0.39 is 0 Å². The molecular weight excluding hydrogens is 390 g/mol. The van der Waals surface area contributed by atoms with Crippen LogP contribution in [0.1, 0.15) is 21.7 Å². The van der Waals surface area contributed by atoms with Gasteiger partial charge in [0.05, 0.1) is 31.2 Å². The molecule has 0 radical (unpaired) electrons. The van der Waals surface area contributed by atoms with Crippen LogP contribution in [0, 0.1) is 6.92 Å². The van der Waals surface area contributed by atoms with E-state index in [0.29, 0.717) is 25.3 Å². The quantitative estimate of drug-likeness (QED) is 0.464. The van der Waals surface area contributed by atoms with Gasteiger partial charge in [-0.2, -0.15) is 0 Å². The first kappa shape index (κ1) is 20.5. The minimum Gasteiger partial charge on any atom is -0.497 e. The maximum absolute atomic E-state index is 12.5. The zero-order valence-electron chi connectivity index (χ0n) is 17.7. The molecular formula is C25H25N3O3. The van der Waals surface area contributed by atoms with E-state index >= 15 is 0 Å². The lowest BCUT2D eigenvalue weighted by molar-refractivity contribution is 0.0949. The lowest BCUT2D eigenvalue weighted by Crippen LogP contribution is -2.25. The van der Waals surface area contributed by atoms with Crippen molar-refractivity contribution in [2.75, 3.05) is 13.7 Å². The van der Waals surface area contributed by atoms with E-state index in [1.54, 1.807) is 7.11 Å². The summed E-state index contributed by atoms with van der Waals surface area (Å²) in [6, 6.07) is 23.0. The molecule has 0 aliphatic heterocycles. The summed E-state index contributed by atoms with van der Waals surface area (Å²) in [5, 5.41) is 2.98. The Hall–Kier alpha value is -3.80. The molecule has 158 valence electrons. The van der Waals surface area contributed by atoms with Gasteiger partial charge >= 0.3 is 0 Å². The van der Waals surface area contributed by atoms with E-state index in [1.165, 1.54) is 0 Å². The van der Waals surface area contributed by atoms with Gasteiger partial charge in [0.2, 0.25) is 0 Å². The summed E-state index contributed by atoms with van der Waals surface area (Å²) in [6.07, 6.45) is 0. The Kier molecular flexibility index (Phi) is 6.17. The molecule has 0 unspecified atom stereocenters. The number of carbonyl (C=O) groups is 1. The van der Waals surface area contributed by atoms with Crippen molar-refractivity contribution in [1.82, 2.24) is 14.9 Å². The number of benzene rings is 3. The average Bonchev–Trinajstić information content (AvgIpc) is 3.16. The first-order valence-corrected chi connectivity index (χ1v) is 10.2. The van der Waals surface area contributed by atoms with Crippen LogP contribution in [0.5, 0.6) is 11.5 Å². The Labute approximate surface area is 181 Å². The fourth-order valence-corrected chi connectivity index (χ4v) is 3.40. The second kappa shape index (κ2) is 9.34. The smallest absolute Gasteiger partial charge is 0.251 e. The third-order valence-corrected chi connectivity index (χ3v) is 5.10. The number of aryl methyl sites for hydroxylation is 1. The number of nitrogens with one attached hydrogen (secondary N) is 1. The number of para-hydroxylation sites is 2. The summed E-state index contributed by atoms with van der Waals surface area (Å²) in [6.45, 7) is 3.43. The number of nitrogens with zero attached hydrogens (tertiary/aromatic N) is 2. The number of carbonyl (C=O) groups excluding carboxylic acids is 1. The Morgan fingerprint density at radius 2 is 1.68 bits per heavy atom. The minimum absolute atomic E-state index is 0.118. The molecule has 1 amide bonds. The second-order valence-electron chi connectivity index (χ2n) is 7.24. The predicted octanol–water partition coefficient (Wildman–Crippen LogP) is 4.36. The normalized spacial score (nSPS) is 10.8. The van der Waals surface area contributed by atoms with Gasteiger partial charge < -0.3 is 19.4 Å². The third-order valence-electron chi connectivity index (χ3n) is 5.10. The van der Waals surface area contributed by atoms with Gasteiger partial charge in [-0.05, 0) is 55.5 Å². The molecule has 3 aromatic carbocycles. The Bertz CT molecular complexity index is 1170. The number of rotatable bonds is 8. The van der Waals surface area contributed by atoms with Crippen molar-refractivity contribution in [3.8, 4) is 11.5 Å². The van der Waals surface area contributed by atoms with Crippen molar-refractivity contribution >= 4 is 16.9 Å². The molecule has 0 bridgehead atoms. The number of hydrogen-bond donors (Lipinski definition) is 1. The van der Waals surface area contributed by atoms with Crippen LogP contribution in [0.15, 0.2) is 72.8 Å². The maximum Gasteiger partial charge on any atom is 0.251 e. The number of methoxy groups -OCH3 is 1. The van der Waals surface area contributed by atoms with Gasteiger partial charge in [0.1, 0.15) is 23.9 Å². The van der Waals surface area contributed by atoms with Crippen molar-refractivity contribution in [2.24, 2.45) is 0 Å². The first-order chi connectivity index (χ1) is 15.1. The molecule has 6 heteroatoms. The largest absolute Gasteiger partial charge is 0.497 e. The molecule has 1 N–H and O–H groups in total. The van der Waals surface area contributed by atoms with E-state index in [9.17, 15) is 4.79 Å². The van der Waals surface area contributed by atoms with Crippen molar-refractivity contribution in [3.05, 3.63) is 89.7 Å². The zero-order chi connectivity index (χ0) is 21.6. The number of hydrogen-bond acceptors (Lipinski definition) is 4. The lowest BCUT2D eigenvalue weighted by atomic mass is 10.1. The molecule has 0 fully saturated rings. The molecule has 31 heavy (non-hydrogen) atoms. The highest BCUT2D eigenvalue weighted by molar-refractivity contribution is 5.94. The monoisotopic (exact) mass is 415 g/mol. The van der Waals surface area contributed by atoms with Crippen LogP contribution in [-0.2, 0) is 13.1 Å². The van der Waals surface area contributed by atoms with Gasteiger partial charge in [-0.15, -0.1) is 0 Å². The average molecular weight is 415 g/mol. The summed E-state index contributed by atoms with van der Waals surface area (Å²) in [5.74, 6) is 2.24. The van der Waals surface area contributed by atoms with E-state index in [-0.39, 0.29) is 5.91 Å². The molecule has 1 heterocycles. The zero-order valence-corrected chi connectivity index (χ0v) is 17.7. The maximum atomic E-state index is 12.5. The molecule has 0 aliphatic rings. The van der Waals surface area contributed by atoms with Crippen molar-refractivity contribution in [2.45, 2.75) is 20.0 Å². The van der Waals surface area contributed by atoms with E-state index in [0.717, 1.165) is 33.9 Å². The number of amides is 1. The van der Waals surface area contributed by atoms with Gasteiger partial charge in [-0.1, -0.05) is 29.8 Å². The molecule has 6 nitrogen and oxygen atoms in total.